The molecule has 1 aromatic rings. The van der Waals surface area contributed by atoms with Crippen molar-refractivity contribution in [2.75, 3.05) is 5.32 Å². The van der Waals surface area contributed by atoms with Gasteiger partial charge in [0, 0.05) is 5.69 Å². The van der Waals surface area contributed by atoms with Crippen molar-refractivity contribution in [3.05, 3.63) is 23.2 Å². The van der Waals surface area contributed by atoms with E-state index in [-0.39, 0.29) is 5.11 Å². The molecule has 0 heterocycles. The van der Waals surface area contributed by atoms with Crippen molar-refractivity contribution in [3.8, 4) is 5.75 Å². The Balaban J connectivity index is 2.05. The van der Waals surface area contributed by atoms with Crippen LogP contribution in [0.4, 0.5) is 5.69 Å². The molecule has 0 unspecified atom stereocenters. The SMILES string of the molecule is NC(=S)Nc1ccc(OC2CCCC2)c(Cl)c1. The molecule has 0 amide bonds. The van der Waals surface area contributed by atoms with E-state index in [2.05, 4.69) is 5.32 Å². The molecule has 1 aliphatic carbocycles. The minimum Gasteiger partial charge on any atom is -0.489 e. The number of benzene rings is 1. The maximum Gasteiger partial charge on any atom is 0.168 e. The summed E-state index contributed by atoms with van der Waals surface area (Å²) in [6.45, 7) is 0. The highest BCUT2D eigenvalue weighted by Crippen LogP contribution is 2.31. The lowest BCUT2D eigenvalue weighted by Gasteiger charge is -2.15. The smallest absolute Gasteiger partial charge is 0.168 e. The standard InChI is InChI=1S/C12H15ClN2OS/c13-10-7-8(15-12(14)17)5-6-11(10)16-9-3-1-2-4-9/h5-7,9H,1-4H2,(H3,14,15,17). The Morgan fingerprint density at radius 3 is 2.71 bits per heavy atom. The van der Waals surface area contributed by atoms with Crippen molar-refractivity contribution in [1.82, 2.24) is 0 Å². The van der Waals surface area contributed by atoms with Crippen LogP contribution in [0.2, 0.25) is 5.02 Å². The van der Waals surface area contributed by atoms with Crippen LogP contribution in [0.25, 0.3) is 0 Å². The second-order valence-electron chi connectivity index (χ2n) is 4.16. The first-order valence-electron chi connectivity index (χ1n) is 5.68. The first kappa shape index (κ1) is 12.5. The number of halogens is 1. The van der Waals surface area contributed by atoms with E-state index in [1.165, 1.54) is 12.8 Å². The van der Waals surface area contributed by atoms with Crippen LogP contribution in [-0.4, -0.2) is 11.2 Å². The van der Waals surface area contributed by atoms with Gasteiger partial charge in [-0.1, -0.05) is 11.6 Å². The van der Waals surface area contributed by atoms with Crippen molar-refractivity contribution in [3.63, 3.8) is 0 Å². The molecule has 1 saturated carbocycles. The first-order valence-corrected chi connectivity index (χ1v) is 6.46. The van der Waals surface area contributed by atoms with Crippen molar-refractivity contribution in [1.29, 1.82) is 0 Å². The Morgan fingerprint density at radius 1 is 1.41 bits per heavy atom. The molecule has 17 heavy (non-hydrogen) atoms. The Kier molecular flexibility index (Phi) is 4.07. The van der Waals surface area contributed by atoms with Crippen LogP contribution in [0.15, 0.2) is 18.2 Å². The lowest BCUT2D eigenvalue weighted by molar-refractivity contribution is 0.210. The van der Waals surface area contributed by atoms with Crippen molar-refractivity contribution < 1.29 is 4.74 Å². The van der Waals surface area contributed by atoms with Gasteiger partial charge in [-0.3, -0.25) is 0 Å². The molecule has 0 saturated heterocycles. The van der Waals surface area contributed by atoms with Crippen LogP contribution in [0.1, 0.15) is 25.7 Å². The molecule has 2 rings (SSSR count). The zero-order chi connectivity index (χ0) is 12.3. The first-order chi connectivity index (χ1) is 8.15. The van der Waals surface area contributed by atoms with Gasteiger partial charge in [0.2, 0.25) is 0 Å². The number of hydrogen-bond donors (Lipinski definition) is 2. The highest BCUT2D eigenvalue weighted by molar-refractivity contribution is 7.80. The number of hydrogen-bond acceptors (Lipinski definition) is 2. The molecule has 1 fully saturated rings. The fourth-order valence-corrected chi connectivity index (χ4v) is 2.35. The predicted molar refractivity (Wildman–Crippen MR) is 74.7 cm³/mol. The molecule has 0 aromatic heterocycles. The van der Waals surface area contributed by atoms with Gasteiger partial charge in [-0.2, -0.15) is 0 Å². The highest BCUT2D eigenvalue weighted by atomic mass is 35.5. The van der Waals surface area contributed by atoms with Crippen LogP contribution >= 0.6 is 23.8 Å². The summed E-state index contributed by atoms with van der Waals surface area (Å²) < 4.78 is 5.84. The van der Waals surface area contributed by atoms with Gasteiger partial charge in [0.15, 0.2) is 5.11 Å². The van der Waals surface area contributed by atoms with Gasteiger partial charge >= 0.3 is 0 Å². The molecule has 1 aliphatic rings. The number of anilines is 1. The number of nitrogens with one attached hydrogen (secondary N) is 1. The van der Waals surface area contributed by atoms with E-state index < -0.39 is 0 Å². The minimum absolute atomic E-state index is 0.227. The van der Waals surface area contributed by atoms with Crippen LogP contribution in [0.3, 0.4) is 0 Å². The van der Waals surface area contributed by atoms with Crippen LogP contribution in [0, 0.1) is 0 Å². The third kappa shape index (κ3) is 3.48. The minimum atomic E-state index is 0.227. The third-order valence-electron chi connectivity index (χ3n) is 2.80. The van der Waals surface area contributed by atoms with E-state index in [0.29, 0.717) is 11.1 Å². The summed E-state index contributed by atoms with van der Waals surface area (Å²) in [7, 11) is 0. The van der Waals surface area contributed by atoms with E-state index in [9.17, 15) is 0 Å². The highest BCUT2D eigenvalue weighted by Gasteiger charge is 2.17. The molecule has 1 aromatic carbocycles. The van der Waals surface area contributed by atoms with Gasteiger partial charge in [-0.15, -0.1) is 0 Å². The van der Waals surface area contributed by atoms with Gasteiger partial charge in [0.05, 0.1) is 11.1 Å². The largest absolute Gasteiger partial charge is 0.489 e. The Hall–Kier alpha value is -1.00. The lowest BCUT2D eigenvalue weighted by atomic mass is 10.2. The summed E-state index contributed by atoms with van der Waals surface area (Å²) in [6, 6.07) is 5.47. The topological polar surface area (TPSA) is 47.3 Å². The maximum absolute atomic E-state index is 6.14. The van der Waals surface area contributed by atoms with E-state index in [0.717, 1.165) is 24.3 Å². The number of nitrogens with two attached hydrogens (primary N) is 1. The Morgan fingerprint density at radius 2 is 2.12 bits per heavy atom. The van der Waals surface area contributed by atoms with Crippen LogP contribution < -0.4 is 15.8 Å². The predicted octanol–water partition coefficient (Wildman–Crippen LogP) is 3.32. The fourth-order valence-electron chi connectivity index (χ4n) is 2.00. The van der Waals surface area contributed by atoms with E-state index >= 15 is 0 Å². The summed E-state index contributed by atoms with van der Waals surface area (Å²) in [5.41, 5.74) is 6.17. The molecule has 3 N–H and O–H groups in total. The van der Waals surface area contributed by atoms with Gasteiger partial charge in [-0.05, 0) is 56.1 Å². The normalized spacial score (nSPS) is 15.8. The number of ether oxygens (including phenoxy) is 1. The molecular formula is C12H15ClN2OS. The monoisotopic (exact) mass is 270 g/mol. The fraction of sp³-hybridized carbons (Fsp3) is 0.417. The van der Waals surface area contributed by atoms with E-state index in [4.69, 9.17) is 34.3 Å². The second-order valence-corrected chi connectivity index (χ2v) is 5.01. The second kappa shape index (κ2) is 5.56. The van der Waals surface area contributed by atoms with Gasteiger partial charge in [0.25, 0.3) is 0 Å². The Bertz CT molecular complexity index is 419. The lowest BCUT2D eigenvalue weighted by Crippen LogP contribution is -2.18. The summed E-state index contributed by atoms with van der Waals surface area (Å²) in [6.07, 6.45) is 5.01. The molecule has 92 valence electrons. The quantitative estimate of drug-likeness (QED) is 0.828. The van der Waals surface area contributed by atoms with Crippen molar-refractivity contribution in [2.24, 2.45) is 5.73 Å². The molecule has 0 bridgehead atoms. The molecule has 0 radical (unpaired) electrons. The van der Waals surface area contributed by atoms with Crippen molar-refractivity contribution >= 4 is 34.6 Å². The zero-order valence-electron chi connectivity index (χ0n) is 9.41. The van der Waals surface area contributed by atoms with Crippen LogP contribution in [-0.2, 0) is 0 Å². The Labute approximate surface area is 111 Å². The molecule has 0 aliphatic heterocycles. The average molecular weight is 271 g/mol. The van der Waals surface area contributed by atoms with E-state index in [1.54, 1.807) is 6.07 Å². The van der Waals surface area contributed by atoms with Crippen molar-refractivity contribution in [2.45, 2.75) is 31.8 Å². The molecule has 0 atom stereocenters. The molecular weight excluding hydrogens is 256 g/mol. The third-order valence-corrected chi connectivity index (χ3v) is 3.19. The zero-order valence-corrected chi connectivity index (χ0v) is 11.0. The number of thiocarbonyl (C=S) groups is 1. The maximum atomic E-state index is 6.14. The van der Waals surface area contributed by atoms with Gasteiger partial charge < -0.3 is 15.8 Å². The summed E-state index contributed by atoms with van der Waals surface area (Å²) in [5, 5.41) is 3.64. The number of rotatable bonds is 3. The molecule has 3 nitrogen and oxygen atoms in total. The summed E-state index contributed by atoms with van der Waals surface area (Å²) >= 11 is 10.9. The molecule has 5 heteroatoms. The van der Waals surface area contributed by atoms with E-state index in [1.807, 2.05) is 12.1 Å². The summed E-state index contributed by atoms with van der Waals surface area (Å²) in [4.78, 5) is 0. The van der Waals surface area contributed by atoms with Gasteiger partial charge in [-0.25, -0.2) is 0 Å². The van der Waals surface area contributed by atoms with Gasteiger partial charge in [0.1, 0.15) is 5.75 Å². The average Bonchev–Trinajstić information content (AvgIpc) is 2.74. The molecule has 0 spiro atoms. The summed E-state index contributed by atoms with van der Waals surface area (Å²) in [5.74, 6) is 0.729. The van der Waals surface area contributed by atoms with Crippen LogP contribution in [0.5, 0.6) is 5.75 Å².